The molecule has 0 aromatic rings. The summed E-state index contributed by atoms with van der Waals surface area (Å²) in [4.78, 5) is 0. The zero-order valence-corrected chi connectivity index (χ0v) is 6.53. The van der Waals surface area contributed by atoms with Crippen LogP contribution in [0.2, 0.25) is 1.41 Å². The van der Waals surface area contributed by atoms with Gasteiger partial charge in [0.2, 0.25) is 0 Å². The molecule has 0 aromatic heterocycles. The van der Waals surface area contributed by atoms with Gasteiger partial charge < -0.3 is 16.8 Å². The second-order valence-electron chi connectivity index (χ2n) is 2.35. The van der Waals surface area contributed by atoms with E-state index in [1.807, 2.05) is 0 Å². The number of hydrogen-bond donors (Lipinski definition) is 3. The van der Waals surface area contributed by atoms with E-state index < -0.39 is 0 Å². The number of nitrogens with one attached hydrogen (secondary N) is 1. The fourth-order valence-corrected chi connectivity index (χ4v) is 0.727. The van der Waals surface area contributed by atoms with Crippen LogP contribution in [-0.4, -0.2) is 26.2 Å². The highest BCUT2D eigenvalue weighted by atomic mass is 14.8. The lowest BCUT2D eigenvalue weighted by molar-refractivity contribution is 0.611. The van der Waals surface area contributed by atoms with Crippen molar-refractivity contribution in [2.45, 2.75) is 19.3 Å². The highest BCUT2D eigenvalue weighted by Gasteiger charge is 1.85. The molecule has 0 rings (SSSR count). The van der Waals surface area contributed by atoms with E-state index in [4.69, 9.17) is 7.15 Å². The maximum atomic E-state index is 6.66. The summed E-state index contributed by atoms with van der Waals surface area (Å²) in [6.45, 7) is 3.62. The molecule has 0 spiro atoms. The first-order valence-electron chi connectivity index (χ1n) is 4.47. The molecule has 0 aliphatic carbocycles. The van der Waals surface area contributed by atoms with Crippen molar-refractivity contribution in [3.05, 3.63) is 0 Å². The Balaban J connectivity index is 2.69. The topological polar surface area (TPSA) is 64.1 Å². The summed E-state index contributed by atoms with van der Waals surface area (Å²) in [5.74, 6) is 0. The molecule has 0 aromatic carbocycles. The highest BCUT2D eigenvalue weighted by molar-refractivity contribution is 4.49. The molecular weight excluding hydrogens is 126 g/mol. The van der Waals surface area contributed by atoms with Crippen LogP contribution in [0.1, 0.15) is 19.3 Å². The minimum absolute atomic E-state index is 0.765. The van der Waals surface area contributed by atoms with Crippen LogP contribution in [0.5, 0.6) is 0 Å². The Morgan fingerprint density at radius 1 is 1.10 bits per heavy atom. The third-order valence-corrected chi connectivity index (χ3v) is 1.34. The van der Waals surface area contributed by atoms with E-state index in [-0.39, 0.29) is 0 Å². The maximum Gasteiger partial charge on any atom is 0.118 e. The van der Waals surface area contributed by atoms with E-state index in [2.05, 4.69) is 11.0 Å². The Morgan fingerprint density at radius 3 is 2.60 bits per heavy atom. The van der Waals surface area contributed by atoms with Gasteiger partial charge in [-0.1, -0.05) is 0 Å². The number of unbranched alkanes of at least 4 members (excludes halogenated alkanes) is 1. The van der Waals surface area contributed by atoms with Gasteiger partial charge in [0.05, 0.1) is 0 Å². The van der Waals surface area contributed by atoms with E-state index >= 15 is 0 Å². The zero-order chi connectivity index (χ0) is 8.36. The summed E-state index contributed by atoms with van der Waals surface area (Å²) in [6, 6.07) is 0. The molecule has 0 aliphatic rings. The van der Waals surface area contributed by atoms with Gasteiger partial charge >= 0.3 is 0 Å². The number of hydrogen-bond acceptors (Lipinski definition) is 3. The predicted molar refractivity (Wildman–Crippen MR) is 44.8 cm³/mol. The molecule has 0 amide bonds. The molecule has 0 saturated heterocycles. The van der Waals surface area contributed by atoms with E-state index in [1.165, 1.54) is 0 Å². The smallest absolute Gasteiger partial charge is 0.118 e. The third-order valence-electron chi connectivity index (χ3n) is 1.34. The third kappa shape index (κ3) is 7.88. The average Bonchev–Trinajstić information content (AvgIpc) is 2.03. The zero-order valence-electron chi connectivity index (χ0n) is 7.53. The van der Waals surface area contributed by atoms with Gasteiger partial charge in [-0.25, -0.2) is 0 Å². The van der Waals surface area contributed by atoms with Crippen molar-refractivity contribution in [3.63, 3.8) is 0 Å². The quantitative estimate of drug-likeness (QED) is 0.411. The van der Waals surface area contributed by atoms with Crippen LogP contribution in [0.3, 0.4) is 0 Å². The Hall–Kier alpha value is -0.120. The lowest BCUT2D eigenvalue weighted by Crippen LogP contribution is -2.19. The van der Waals surface area contributed by atoms with E-state index in [9.17, 15) is 0 Å². The summed E-state index contributed by atoms with van der Waals surface area (Å²) in [7, 11) is 0. The minimum atomic E-state index is 0.765. The Labute approximate surface area is 64.6 Å². The molecule has 10 heavy (non-hydrogen) atoms. The molecule has 0 heterocycles. The van der Waals surface area contributed by atoms with E-state index in [0.29, 0.717) is 0 Å². The second-order valence-corrected chi connectivity index (χ2v) is 2.35. The van der Waals surface area contributed by atoms with Crippen molar-refractivity contribution in [1.29, 1.82) is 0 Å². The van der Waals surface area contributed by atoms with Crippen LogP contribution < -0.4 is 16.8 Å². The lowest BCUT2D eigenvalue weighted by Gasteiger charge is -2.01. The van der Waals surface area contributed by atoms with Crippen LogP contribution in [0.15, 0.2) is 0 Å². The van der Waals surface area contributed by atoms with Gasteiger partial charge in [-0.05, 0) is 45.4 Å². The Bertz CT molecular complexity index is 62.7. The summed E-state index contributed by atoms with van der Waals surface area (Å²) >= 11 is 0. The maximum absolute atomic E-state index is 6.66. The van der Waals surface area contributed by atoms with Crippen molar-refractivity contribution < 1.29 is 1.41 Å². The molecule has 0 bridgehead atoms. The molecule has 0 atom stereocenters. The van der Waals surface area contributed by atoms with Crippen LogP contribution in [0, 0.1) is 0 Å². The molecular formula is C7H19N3. The van der Waals surface area contributed by atoms with Crippen LogP contribution in [0.4, 0.5) is 0 Å². The number of nitrogens with two attached hydrogens (primary N) is 2. The van der Waals surface area contributed by atoms with Crippen LogP contribution in [0.25, 0.3) is 0 Å². The van der Waals surface area contributed by atoms with Gasteiger partial charge in [0.15, 0.2) is 0 Å². The Kier molecular flexibility index (Phi) is 7.09. The van der Waals surface area contributed by atoms with Gasteiger partial charge in [-0.3, -0.25) is 0 Å². The van der Waals surface area contributed by atoms with E-state index in [0.717, 1.165) is 45.4 Å². The van der Waals surface area contributed by atoms with E-state index in [1.54, 1.807) is 0 Å². The molecule has 3 nitrogen and oxygen atoms in total. The highest BCUT2D eigenvalue weighted by Crippen LogP contribution is 1.81. The SMILES string of the molecule is [2H]NCCCCNCCCN. The largest absolute Gasteiger partial charge is 0.330 e. The molecule has 0 fully saturated rings. The van der Waals surface area contributed by atoms with Crippen molar-refractivity contribution in [1.82, 2.24) is 5.32 Å². The summed E-state index contributed by atoms with van der Waals surface area (Å²) in [5.41, 5.74) is 7.69. The first kappa shape index (κ1) is 7.98. The molecule has 0 unspecified atom stereocenters. The second kappa shape index (κ2) is 8.88. The molecule has 3 heteroatoms. The van der Waals surface area contributed by atoms with Gasteiger partial charge in [0.25, 0.3) is 0 Å². The van der Waals surface area contributed by atoms with Crippen molar-refractivity contribution in [2.24, 2.45) is 11.5 Å². The predicted octanol–water partition coefficient (Wildman–Crippen LogP) is -0.336. The first-order chi connectivity index (χ1) is 5.41. The Morgan fingerprint density at radius 2 is 1.90 bits per heavy atom. The van der Waals surface area contributed by atoms with Gasteiger partial charge in [0.1, 0.15) is 1.41 Å². The van der Waals surface area contributed by atoms with Crippen molar-refractivity contribution in [3.8, 4) is 0 Å². The monoisotopic (exact) mass is 146 g/mol. The van der Waals surface area contributed by atoms with Gasteiger partial charge in [0, 0.05) is 0 Å². The molecule has 0 aliphatic heterocycles. The summed E-state index contributed by atoms with van der Waals surface area (Å²) in [5, 5.41) is 3.28. The summed E-state index contributed by atoms with van der Waals surface area (Å²) < 4.78 is 6.66. The molecule has 0 saturated carbocycles. The van der Waals surface area contributed by atoms with Crippen molar-refractivity contribution in [2.75, 3.05) is 26.2 Å². The number of rotatable bonds is 8. The van der Waals surface area contributed by atoms with Gasteiger partial charge in [-0.2, -0.15) is 0 Å². The average molecular weight is 146 g/mol. The minimum Gasteiger partial charge on any atom is -0.330 e. The fraction of sp³-hybridized carbons (Fsp3) is 1.00. The van der Waals surface area contributed by atoms with Gasteiger partial charge in [-0.15, -0.1) is 0 Å². The first-order valence-corrected chi connectivity index (χ1v) is 3.97. The fourth-order valence-electron chi connectivity index (χ4n) is 0.727. The molecule has 0 radical (unpaired) electrons. The van der Waals surface area contributed by atoms with Crippen LogP contribution in [-0.2, 0) is 0 Å². The molecule has 62 valence electrons. The summed E-state index contributed by atoms with van der Waals surface area (Å²) in [6.07, 6.45) is 3.26. The molecule has 5 N–H and O–H groups in total. The lowest BCUT2D eigenvalue weighted by atomic mass is 10.3. The van der Waals surface area contributed by atoms with Crippen LogP contribution >= 0.6 is 0 Å². The standard InChI is InChI=1S/C7H19N3/c8-4-1-2-6-10-7-3-5-9/h10H,1-9H2/i/hD. The van der Waals surface area contributed by atoms with Crippen molar-refractivity contribution >= 4 is 0 Å². The normalized spacial score (nSPS) is 11.5.